The molecule has 0 aromatic rings. The molecule has 5 N–H and O–H groups in total. The van der Waals surface area contributed by atoms with Gasteiger partial charge in [0.1, 0.15) is 24.4 Å². The molecule has 1 rings (SSSR count). The van der Waals surface area contributed by atoms with Gasteiger partial charge in [-0.2, -0.15) is 0 Å². The Hall–Kier alpha value is 0.240. The van der Waals surface area contributed by atoms with Crippen molar-refractivity contribution in [2.24, 2.45) is 0 Å². The highest BCUT2D eigenvalue weighted by molar-refractivity contribution is 8.93. The van der Waals surface area contributed by atoms with Crippen molar-refractivity contribution in [3.8, 4) is 0 Å². The first-order valence-electron chi connectivity index (χ1n) is 3.56. The van der Waals surface area contributed by atoms with E-state index in [0.717, 1.165) is 0 Å². The van der Waals surface area contributed by atoms with Gasteiger partial charge >= 0.3 is 0 Å². The highest BCUT2D eigenvalue weighted by Crippen LogP contribution is 2.18. The highest BCUT2D eigenvalue weighted by Gasteiger charge is 2.42. The van der Waals surface area contributed by atoms with Crippen LogP contribution in [-0.2, 0) is 4.74 Å². The Morgan fingerprint density at radius 2 is 1.46 bits per heavy atom. The minimum atomic E-state index is -1.57. The predicted octanol–water partition coefficient (Wildman–Crippen LogP) is -2.64. The van der Waals surface area contributed by atoms with E-state index in [9.17, 15) is 0 Å². The molecule has 0 spiro atoms. The van der Waals surface area contributed by atoms with E-state index in [1.807, 2.05) is 0 Å². The summed E-state index contributed by atoms with van der Waals surface area (Å²) in [6.45, 7) is -0.526. The molecule has 5 atom stereocenters. The summed E-state index contributed by atoms with van der Waals surface area (Å²) in [7, 11) is 0. The minimum Gasteiger partial charge on any atom is -0.394 e. The molecule has 0 unspecified atom stereocenters. The summed E-state index contributed by atoms with van der Waals surface area (Å²) in [6, 6.07) is 0. The Bertz CT molecular complexity index is 151. The van der Waals surface area contributed by atoms with E-state index in [1.165, 1.54) is 0 Å². The maximum atomic E-state index is 9.12. The van der Waals surface area contributed by atoms with E-state index in [0.29, 0.717) is 0 Å². The van der Waals surface area contributed by atoms with E-state index in [1.54, 1.807) is 0 Å². The third-order valence-corrected chi connectivity index (χ3v) is 1.87. The molecule has 80 valence electrons. The standard InChI is InChI=1S/C6H12O6.BrH/c7-1-2-3(8)4(9)5(10)6(11)12-2;/h2-11H,1H2;1H/t2-,3+,4+,5-,6+;/m1./s1. The van der Waals surface area contributed by atoms with E-state index < -0.39 is 37.3 Å². The van der Waals surface area contributed by atoms with Gasteiger partial charge in [-0.25, -0.2) is 0 Å². The molecule has 1 heterocycles. The number of aliphatic hydroxyl groups is 5. The summed E-state index contributed by atoms with van der Waals surface area (Å²) in [4.78, 5) is 0. The molecule has 1 aliphatic rings. The average molecular weight is 261 g/mol. The van der Waals surface area contributed by atoms with Crippen LogP contribution in [0.5, 0.6) is 0 Å². The molecular weight excluding hydrogens is 248 g/mol. The summed E-state index contributed by atoms with van der Waals surface area (Å²) in [6.07, 6.45) is -7.04. The number of rotatable bonds is 1. The Kier molecular flexibility index (Phi) is 5.30. The predicted molar refractivity (Wildman–Crippen MR) is 46.3 cm³/mol. The van der Waals surface area contributed by atoms with Crippen molar-refractivity contribution in [1.29, 1.82) is 0 Å². The van der Waals surface area contributed by atoms with E-state index in [2.05, 4.69) is 4.74 Å². The molecule has 0 bridgehead atoms. The summed E-state index contributed by atoms with van der Waals surface area (Å²) >= 11 is 0. The summed E-state index contributed by atoms with van der Waals surface area (Å²) in [5.74, 6) is 0. The van der Waals surface area contributed by atoms with Crippen LogP contribution < -0.4 is 0 Å². The average Bonchev–Trinajstić information content (AvgIpc) is 2.08. The van der Waals surface area contributed by atoms with Crippen LogP contribution in [0.15, 0.2) is 0 Å². The van der Waals surface area contributed by atoms with Gasteiger partial charge in [-0.05, 0) is 0 Å². The zero-order chi connectivity index (χ0) is 9.30. The van der Waals surface area contributed by atoms with Crippen LogP contribution in [0.2, 0.25) is 0 Å². The first-order chi connectivity index (χ1) is 5.57. The molecule has 0 aliphatic carbocycles. The molecule has 0 saturated carbocycles. The molecule has 0 aromatic carbocycles. The van der Waals surface area contributed by atoms with Gasteiger partial charge in [-0.1, -0.05) is 0 Å². The van der Waals surface area contributed by atoms with Crippen molar-refractivity contribution in [2.75, 3.05) is 6.61 Å². The lowest BCUT2D eigenvalue weighted by molar-refractivity contribution is -0.286. The SMILES string of the molecule is Br.OC[C@H]1O[C@H](O)[C@H](O)[C@@H](O)[C@H]1O. The smallest absolute Gasteiger partial charge is 0.184 e. The fraction of sp³-hybridized carbons (Fsp3) is 1.00. The van der Waals surface area contributed by atoms with Crippen LogP contribution >= 0.6 is 17.0 Å². The van der Waals surface area contributed by atoms with E-state index >= 15 is 0 Å². The Balaban J connectivity index is 0.00000144. The molecule has 1 fully saturated rings. The normalized spacial score (nSPS) is 45.5. The molecule has 0 amide bonds. The number of ether oxygens (including phenoxy) is 1. The number of halogens is 1. The third-order valence-electron chi connectivity index (χ3n) is 1.87. The van der Waals surface area contributed by atoms with Crippen molar-refractivity contribution in [3.05, 3.63) is 0 Å². The van der Waals surface area contributed by atoms with Crippen LogP contribution in [0.25, 0.3) is 0 Å². The lowest BCUT2D eigenvalue weighted by Crippen LogP contribution is -2.58. The number of hydrogen-bond donors (Lipinski definition) is 5. The van der Waals surface area contributed by atoms with Crippen LogP contribution in [0.3, 0.4) is 0 Å². The molecule has 6 nitrogen and oxygen atoms in total. The Morgan fingerprint density at radius 1 is 0.923 bits per heavy atom. The Labute approximate surface area is 85.2 Å². The highest BCUT2D eigenvalue weighted by atomic mass is 79.9. The fourth-order valence-corrected chi connectivity index (χ4v) is 1.08. The second-order valence-corrected chi connectivity index (χ2v) is 2.72. The molecule has 0 aromatic heterocycles. The number of hydrogen-bond acceptors (Lipinski definition) is 6. The summed E-state index contributed by atoms with van der Waals surface area (Å²) < 4.78 is 4.58. The van der Waals surface area contributed by atoms with Gasteiger partial charge in [-0.3, -0.25) is 0 Å². The van der Waals surface area contributed by atoms with Gasteiger partial charge in [-0.15, -0.1) is 17.0 Å². The van der Waals surface area contributed by atoms with Crippen molar-refractivity contribution >= 4 is 17.0 Å². The third kappa shape index (κ3) is 2.59. The lowest BCUT2D eigenvalue weighted by atomic mass is 10.00. The van der Waals surface area contributed by atoms with Gasteiger partial charge in [0.2, 0.25) is 0 Å². The van der Waals surface area contributed by atoms with Gasteiger partial charge < -0.3 is 30.3 Å². The van der Waals surface area contributed by atoms with Gasteiger partial charge in [0.05, 0.1) is 6.61 Å². The first kappa shape index (κ1) is 13.2. The second kappa shape index (κ2) is 5.20. The van der Waals surface area contributed by atoms with Crippen molar-refractivity contribution in [1.82, 2.24) is 0 Å². The molecule has 1 saturated heterocycles. The maximum Gasteiger partial charge on any atom is 0.184 e. The van der Waals surface area contributed by atoms with Crippen molar-refractivity contribution in [2.45, 2.75) is 30.7 Å². The van der Waals surface area contributed by atoms with Crippen LogP contribution in [-0.4, -0.2) is 62.8 Å². The largest absolute Gasteiger partial charge is 0.394 e. The van der Waals surface area contributed by atoms with Gasteiger partial charge in [0.15, 0.2) is 6.29 Å². The first-order valence-corrected chi connectivity index (χ1v) is 3.56. The molecular formula is C6H13BrO6. The maximum absolute atomic E-state index is 9.12. The zero-order valence-corrected chi connectivity index (χ0v) is 8.36. The van der Waals surface area contributed by atoms with Gasteiger partial charge in [0, 0.05) is 0 Å². The monoisotopic (exact) mass is 260 g/mol. The second-order valence-electron chi connectivity index (χ2n) is 2.72. The summed E-state index contributed by atoms with van der Waals surface area (Å²) in [5.41, 5.74) is 0. The van der Waals surface area contributed by atoms with Gasteiger partial charge in [0.25, 0.3) is 0 Å². The van der Waals surface area contributed by atoms with Crippen LogP contribution in [0.1, 0.15) is 0 Å². The van der Waals surface area contributed by atoms with Crippen molar-refractivity contribution < 1.29 is 30.3 Å². The lowest BCUT2D eigenvalue weighted by Gasteiger charge is -2.37. The van der Waals surface area contributed by atoms with Crippen LogP contribution in [0, 0.1) is 0 Å². The topological polar surface area (TPSA) is 110 Å². The van der Waals surface area contributed by atoms with E-state index in [-0.39, 0.29) is 17.0 Å². The van der Waals surface area contributed by atoms with Crippen molar-refractivity contribution in [3.63, 3.8) is 0 Å². The molecule has 7 heteroatoms. The van der Waals surface area contributed by atoms with Crippen LogP contribution in [0.4, 0.5) is 0 Å². The molecule has 13 heavy (non-hydrogen) atoms. The zero-order valence-electron chi connectivity index (χ0n) is 6.65. The van der Waals surface area contributed by atoms with E-state index in [4.69, 9.17) is 25.5 Å². The number of aliphatic hydroxyl groups excluding tert-OH is 5. The quantitative estimate of drug-likeness (QED) is 0.353. The molecule has 0 radical (unpaired) electrons. The summed E-state index contributed by atoms with van der Waals surface area (Å²) in [5, 5.41) is 44.7. The fourth-order valence-electron chi connectivity index (χ4n) is 1.08. The Morgan fingerprint density at radius 3 is 1.92 bits per heavy atom. The minimum absolute atomic E-state index is 0. The molecule has 1 aliphatic heterocycles.